The number of halogens is 1. The van der Waals surface area contributed by atoms with Gasteiger partial charge in [-0.2, -0.15) is 0 Å². The van der Waals surface area contributed by atoms with Gasteiger partial charge < -0.3 is 4.74 Å². The maximum atomic E-state index is 5.40. The molecule has 1 aromatic rings. The van der Waals surface area contributed by atoms with Crippen molar-refractivity contribution in [1.82, 2.24) is 0 Å². The van der Waals surface area contributed by atoms with Crippen molar-refractivity contribution < 1.29 is 4.74 Å². The fourth-order valence-electron chi connectivity index (χ4n) is 1.81. The standard InChI is InChI=1S/C14H17BrO/c1-4-6-11(7-5-2)12-8-9-14(16-3)13(15)10-12/h1,8-11H,5-7H2,2-3H3. The van der Waals surface area contributed by atoms with Gasteiger partial charge in [0.1, 0.15) is 5.75 Å². The van der Waals surface area contributed by atoms with Crippen LogP contribution in [-0.2, 0) is 0 Å². The van der Waals surface area contributed by atoms with Gasteiger partial charge in [0.15, 0.2) is 0 Å². The van der Waals surface area contributed by atoms with Gasteiger partial charge in [-0.05, 0) is 46.0 Å². The monoisotopic (exact) mass is 280 g/mol. The normalized spacial score (nSPS) is 11.9. The Bertz CT molecular complexity index is 379. The lowest BCUT2D eigenvalue weighted by Crippen LogP contribution is -1.98. The number of rotatable bonds is 5. The van der Waals surface area contributed by atoms with E-state index in [1.54, 1.807) is 7.11 Å². The molecule has 0 fully saturated rings. The molecule has 0 saturated heterocycles. The summed E-state index contributed by atoms with van der Waals surface area (Å²) < 4.78 is 6.20. The summed E-state index contributed by atoms with van der Waals surface area (Å²) >= 11 is 3.50. The summed E-state index contributed by atoms with van der Waals surface area (Å²) in [6.07, 6.45) is 8.48. The van der Waals surface area contributed by atoms with Crippen LogP contribution in [-0.4, -0.2) is 7.11 Å². The molecule has 0 spiro atoms. The minimum Gasteiger partial charge on any atom is -0.496 e. The van der Waals surface area contributed by atoms with Crippen molar-refractivity contribution in [2.24, 2.45) is 0 Å². The predicted octanol–water partition coefficient (Wildman–Crippen LogP) is 4.36. The molecule has 1 nitrogen and oxygen atoms in total. The van der Waals surface area contributed by atoms with Gasteiger partial charge in [-0.15, -0.1) is 12.3 Å². The van der Waals surface area contributed by atoms with Crippen molar-refractivity contribution in [3.05, 3.63) is 28.2 Å². The van der Waals surface area contributed by atoms with E-state index in [4.69, 9.17) is 11.2 Å². The van der Waals surface area contributed by atoms with Crippen LogP contribution in [0.3, 0.4) is 0 Å². The van der Waals surface area contributed by atoms with E-state index >= 15 is 0 Å². The predicted molar refractivity (Wildman–Crippen MR) is 71.8 cm³/mol. The molecule has 0 heterocycles. The maximum absolute atomic E-state index is 5.40. The molecule has 0 aliphatic heterocycles. The zero-order valence-electron chi connectivity index (χ0n) is 9.79. The van der Waals surface area contributed by atoms with E-state index in [1.165, 1.54) is 5.56 Å². The molecule has 1 atom stereocenters. The highest BCUT2D eigenvalue weighted by Crippen LogP contribution is 2.31. The molecule has 0 saturated carbocycles. The number of methoxy groups -OCH3 is 1. The van der Waals surface area contributed by atoms with Crippen LogP contribution in [0.2, 0.25) is 0 Å². The van der Waals surface area contributed by atoms with Gasteiger partial charge in [0, 0.05) is 6.42 Å². The van der Waals surface area contributed by atoms with Gasteiger partial charge in [0.2, 0.25) is 0 Å². The molecular formula is C14H17BrO. The van der Waals surface area contributed by atoms with E-state index in [2.05, 4.69) is 40.9 Å². The lowest BCUT2D eigenvalue weighted by atomic mass is 9.92. The van der Waals surface area contributed by atoms with Crippen molar-refractivity contribution in [3.8, 4) is 18.1 Å². The number of hydrogen-bond donors (Lipinski definition) is 0. The van der Waals surface area contributed by atoms with E-state index in [9.17, 15) is 0 Å². The SMILES string of the molecule is C#CCC(CCC)c1ccc(OC)c(Br)c1. The van der Waals surface area contributed by atoms with Crippen LogP contribution in [0, 0.1) is 12.3 Å². The van der Waals surface area contributed by atoms with Crippen molar-refractivity contribution in [1.29, 1.82) is 0 Å². The van der Waals surface area contributed by atoms with Crippen LogP contribution in [0.25, 0.3) is 0 Å². The zero-order valence-corrected chi connectivity index (χ0v) is 11.4. The van der Waals surface area contributed by atoms with Gasteiger partial charge in [-0.25, -0.2) is 0 Å². The number of benzene rings is 1. The van der Waals surface area contributed by atoms with Crippen LogP contribution in [0.5, 0.6) is 5.75 Å². The molecule has 0 bridgehead atoms. The van der Waals surface area contributed by atoms with Crippen molar-refractivity contribution in [2.45, 2.75) is 32.1 Å². The van der Waals surface area contributed by atoms with E-state index in [1.807, 2.05) is 6.07 Å². The average Bonchev–Trinajstić information content (AvgIpc) is 2.28. The third-order valence-corrected chi connectivity index (χ3v) is 3.27. The van der Waals surface area contributed by atoms with E-state index < -0.39 is 0 Å². The largest absolute Gasteiger partial charge is 0.496 e. The second-order valence-electron chi connectivity index (χ2n) is 3.79. The molecule has 0 aliphatic carbocycles. The molecule has 2 heteroatoms. The Morgan fingerprint density at radius 1 is 1.50 bits per heavy atom. The third kappa shape index (κ3) is 3.28. The van der Waals surface area contributed by atoms with E-state index in [-0.39, 0.29) is 0 Å². The fraction of sp³-hybridized carbons (Fsp3) is 0.429. The molecule has 1 rings (SSSR count). The molecule has 0 aromatic heterocycles. The van der Waals surface area contributed by atoms with E-state index in [0.29, 0.717) is 5.92 Å². The van der Waals surface area contributed by atoms with Crippen LogP contribution >= 0.6 is 15.9 Å². The number of terminal acetylenes is 1. The summed E-state index contributed by atoms with van der Waals surface area (Å²) in [5, 5.41) is 0. The Morgan fingerprint density at radius 2 is 2.25 bits per heavy atom. The van der Waals surface area contributed by atoms with Gasteiger partial charge in [-0.1, -0.05) is 19.4 Å². The molecule has 0 aliphatic rings. The molecule has 0 amide bonds. The second-order valence-corrected chi connectivity index (χ2v) is 4.64. The van der Waals surface area contributed by atoms with Crippen molar-refractivity contribution >= 4 is 15.9 Å². The molecule has 16 heavy (non-hydrogen) atoms. The fourth-order valence-corrected chi connectivity index (χ4v) is 2.37. The van der Waals surface area contributed by atoms with Crippen LogP contribution < -0.4 is 4.74 Å². The number of hydrogen-bond acceptors (Lipinski definition) is 1. The topological polar surface area (TPSA) is 9.23 Å². The Morgan fingerprint density at radius 3 is 2.75 bits per heavy atom. The Kier molecular flexibility index (Phi) is 5.42. The lowest BCUT2D eigenvalue weighted by molar-refractivity contribution is 0.411. The average molecular weight is 281 g/mol. The first-order chi connectivity index (χ1) is 7.72. The quantitative estimate of drug-likeness (QED) is 0.728. The molecule has 1 aromatic carbocycles. The van der Waals surface area contributed by atoms with Gasteiger partial charge >= 0.3 is 0 Å². The first-order valence-electron chi connectivity index (χ1n) is 5.49. The van der Waals surface area contributed by atoms with Crippen LogP contribution in [0.1, 0.15) is 37.7 Å². The highest BCUT2D eigenvalue weighted by atomic mass is 79.9. The van der Waals surface area contributed by atoms with E-state index in [0.717, 1.165) is 29.5 Å². The minimum atomic E-state index is 0.456. The first-order valence-corrected chi connectivity index (χ1v) is 6.29. The summed E-state index contributed by atoms with van der Waals surface area (Å²) in [5.41, 5.74) is 1.28. The van der Waals surface area contributed by atoms with Gasteiger partial charge in [0.25, 0.3) is 0 Å². The molecule has 86 valence electrons. The number of ether oxygens (including phenoxy) is 1. The molecular weight excluding hydrogens is 264 g/mol. The Hall–Kier alpha value is -0.940. The molecule has 0 N–H and O–H groups in total. The first kappa shape index (κ1) is 13.1. The maximum Gasteiger partial charge on any atom is 0.133 e. The van der Waals surface area contributed by atoms with Crippen LogP contribution in [0.15, 0.2) is 22.7 Å². The van der Waals surface area contributed by atoms with Crippen molar-refractivity contribution in [2.75, 3.05) is 7.11 Å². The summed E-state index contributed by atoms with van der Waals surface area (Å²) in [4.78, 5) is 0. The van der Waals surface area contributed by atoms with Gasteiger partial charge in [0.05, 0.1) is 11.6 Å². The summed E-state index contributed by atoms with van der Waals surface area (Å²) in [5.74, 6) is 4.07. The summed E-state index contributed by atoms with van der Waals surface area (Å²) in [6, 6.07) is 6.19. The minimum absolute atomic E-state index is 0.456. The Labute approximate surface area is 106 Å². The summed E-state index contributed by atoms with van der Waals surface area (Å²) in [7, 11) is 1.67. The smallest absolute Gasteiger partial charge is 0.133 e. The highest BCUT2D eigenvalue weighted by molar-refractivity contribution is 9.10. The summed E-state index contributed by atoms with van der Waals surface area (Å²) in [6.45, 7) is 2.18. The molecule has 0 radical (unpaired) electrons. The Balaban J connectivity index is 2.93. The highest BCUT2D eigenvalue weighted by Gasteiger charge is 2.11. The van der Waals surface area contributed by atoms with Gasteiger partial charge in [-0.3, -0.25) is 0 Å². The zero-order chi connectivity index (χ0) is 12.0. The van der Waals surface area contributed by atoms with Crippen molar-refractivity contribution in [3.63, 3.8) is 0 Å². The third-order valence-electron chi connectivity index (χ3n) is 2.65. The molecule has 1 unspecified atom stereocenters. The lowest BCUT2D eigenvalue weighted by Gasteiger charge is -2.15. The van der Waals surface area contributed by atoms with Crippen LogP contribution in [0.4, 0.5) is 0 Å². The second kappa shape index (κ2) is 6.60.